The van der Waals surface area contributed by atoms with E-state index in [1.807, 2.05) is 31.3 Å². The van der Waals surface area contributed by atoms with Crippen molar-refractivity contribution >= 4 is 23.6 Å². The maximum absolute atomic E-state index is 5.87. The Morgan fingerprint density at radius 1 is 0.941 bits per heavy atom. The monoisotopic (exact) mass is 482 g/mol. The molecule has 0 saturated heterocycles. The lowest BCUT2D eigenvalue weighted by atomic mass is 10.1. The summed E-state index contributed by atoms with van der Waals surface area (Å²) < 4.78 is 11.7. The molecule has 3 rings (SSSR count). The lowest BCUT2D eigenvalue weighted by Crippen LogP contribution is -2.23. The molecule has 0 bridgehead atoms. The predicted octanol–water partition coefficient (Wildman–Crippen LogP) is 3.66. The minimum Gasteiger partial charge on any atom is -0.494 e. The van der Waals surface area contributed by atoms with Gasteiger partial charge in [-0.25, -0.2) is 0 Å². The van der Waals surface area contributed by atoms with Crippen LogP contribution in [0.15, 0.2) is 65.7 Å². The highest BCUT2D eigenvalue weighted by atomic mass is 32.1. The van der Waals surface area contributed by atoms with E-state index < -0.39 is 0 Å². The zero-order valence-electron chi connectivity index (χ0n) is 19.5. The van der Waals surface area contributed by atoms with Gasteiger partial charge in [-0.2, -0.15) is 0 Å². The van der Waals surface area contributed by atoms with Crippen molar-refractivity contribution in [1.29, 1.82) is 5.41 Å². The fourth-order valence-corrected chi connectivity index (χ4v) is 4.03. The van der Waals surface area contributed by atoms with Gasteiger partial charge in [0, 0.05) is 22.7 Å². The SMILES string of the molecule is CNCCCOc1cccc(-c2ccc(-c3cccc(OCCCN=C(N)N)c3)s2)c1.N=CN. The Labute approximate surface area is 205 Å². The summed E-state index contributed by atoms with van der Waals surface area (Å²) in [7, 11) is 1.95. The lowest BCUT2D eigenvalue weighted by molar-refractivity contribution is 0.310. The fraction of sp³-hybridized carbons (Fsp3) is 0.280. The van der Waals surface area contributed by atoms with Crippen LogP contribution >= 0.6 is 11.3 Å². The van der Waals surface area contributed by atoms with E-state index in [2.05, 4.69) is 52.4 Å². The van der Waals surface area contributed by atoms with Crippen LogP contribution < -0.4 is 32.0 Å². The maximum Gasteiger partial charge on any atom is 0.185 e. The van der Waals surface area contributed by atoms with E-state index >= 15 is 0 Å². The van der Waals surface area contributed by atoms with E-state index in [1.165, 1.54) is 9.75 Å². The summed E-state index contributed by atoms with van der Waals surface area (Å²) in [4.78, 5) is 6.37. The van der Waals surface area contributed by atoms with Gasteiger partial charge >= 0.3 is 0 Å². The van der Waals surface area contributed by atoms with Crippen molar-refractivity contribution in [3.8, 4) is 32.4 Å². The fourth-order valence-electron chi connectivity index (χ4n) is 3.03. The molecular weight excluding hydrogens is 448 g/mol. The summed E-state index contributed by atoms with van der Waals surface area (Å²) >= 11 is 1.76. The molecule has 182 valence electrons. The molecule has 1 aromatic heterocycles. The predicted molar refractivity (Wildman–Crippen MR) is 143 cm³/mol. The van der Waals surface area contributed by atoms with E-state index in [-0.39, 0.29) is 5.96 Å². The zero-order valence-corrected chi connectivity index (χ0v) is 20.3. The Morgan fingerprint density at radius 2 is 1.47 bits per heavy atom. The minimum absolute atomic E-state index is 0.112. The molecule has 0 fully saturated rings. The van der Waals surface area contributed by atoms with Gasteiger partial charge in [0.15, 0.2) is 5.96 Å². The van der Waals surface area contributed by atoms with Crippen LogP contribution in [0.4, 0.5) is 0 Å². The van der Waals surface area contributed by atoms with Crippen molar-refractivity contribution in [2.24, 2.45) is 22.2 Å². The molecule has 34 heavy (non-hydrogen) atoms. The van der Waals surface area contributed by atoms with Gasteiger partial charge in [0.05, 0.1) is 19.6 Å². The Hall–Kier alpha value is -3.56. The highest BCUT2D eigenvalue weighted by molar-refractivity contribution is 7.18. The number of nitrogens with zero attached hydrogens (tertiary/aromatic N) is 1. The number of nitrogens with two attached hydrogens (primary N) is 3. The average molecular weight is 483 g/mol. The van der Waals surface area contributed by atoms with E-state index in [0.29, 0.717) is 19.8 Å². The van der Waals surface area contributed by atoms with Gasteiger partial charge in [0.2, 0.25) is 0 Å². The summed E-state index contributed by atoms with van der Waals surface area (Å²) in [5.74, 6) is 1.86. The highest BCUT2D eigenvalue weighted by Gasteiger charge is 2.07. The molecule has 1 heterocycles. The number of aliphatic imine (C=N–C) groups is 1. The Kier molecular flexibility index (Phi) is 12.0. The largest absolute Gasteiger partial charge is 0.494 e. The molecule has 0 radical (unpaired) electrons. The second kappa shape index (κ2) is 15.3. The van der Waals surface area contributed by atoms with Crippen LogP contribution in [0.25, 0.3) is 20.9 Å². The quantitative estimate of drug-likeness (QED) is 0.151. The molecule has 0 saturated carbocycles. The average Bonchev–Trinajstić information content (AvgIpc) is 3.33. The second-order valence-corrected chi connectivity index (χ2v) is 8.28. The second-order valence-electron chi connectivity index (χ2n) is 7.20. The zero-order chi connectivity index (χ0) is 24.6. The first kappa shape index (κ1) is 26.7. The highest BCUT2D eigenvalue weighted by Crippen LogP contribution is 2.36. The number of hydrogen-bond acceptors (Lipinski definition) is 6. The van der Waals surface area contributed by atoms with Gasteiger partial charge < -0.3 is 32.0 Å². The summed E-state index contributed by atoms with van der Waals surface area (Å²) in [5, 5.41) is 8.99. The molecule has 0 unspecified atom stereocenters. The molecule has 0 aliphatic rings. The molecule has 3 aromatic rings. The molecule has 0 amide bonds. The summed E-state index contributed by atoms with van der Waals surface area (Å²) in [6, 6.07) is 20.7. The molecule has 9 heteroatoms. The van der Waals surface area contributed by atoms with E-state index in [1.54, 1.807) is 11.3 Å². The first-order chi connectivity index (χ1) is 16.6. The summed E-state index contributed by atoms with van der Waals surface area (Å²) in [6.45, 7) is 2.79. The van der Waals surface area contributed by atoms with Gasteiger partial charge in [-0.05, 0) is 67.5 Å². The summed E-state index contributed by atoms with van der Waals surface area (Å²) in [6.07, 6.45) is 2.50. The topological polar surface area (TPSA) is 145 Å². The van der Waals surface area contributed by atoms with Crippen LogP contribution in [0.2, 0.25) is 0 Å². The number of thiophene rings is 1. The van der Waals surface area contributed by atoms with Gasteiger partial charge in [0.25, 0.3) is 0 Å². The van der Waals surface area contributed by atoms with Crippen molar-refractivity contribution in [1.82, 2.24) is 5.32 Å². The Balaban J connectivity index is 0.00000129. The Morgan fingerprint density at radius 3 is 1.97 bits per heavy atom. The number of hydrogen-bond donors (Lipinski definition) is 5. The molecule has 2 aromatic carbocycles. The van der Waals surface area contributed by atoms with Crippen LogP contribution in [-0.2, 0) is 0 Å². The smallest absolute Gasteiger partial charge is 0.185 e. The van der Waals surface area contributed by atoms with E-state index in [0.717, 1.165) is 48.4 Å². The van der Waals surface area contributed by atoms with E-state index in [4.69, 9.17) is 26.4 Å². The first-order valence-electron chi connectivity index (χ1n) is 11.0. The van der Waals surface area contributed by atoms with Crippen molar-refractivity contribution in [2.75, 3.05) is 33.4 Å². The normalized spacial score (nSPS) is 10.0. The van der Waals surface area contributed by atoms with Crippen molar-refractivity contribution < 1.29 is 9.47 Å². The van der Waals surface area contributed by atoms with Crippen molar-refractivity contribution in [3.63, 3.8) is 0 Å². The number of ether oxygens (including phenoxy) is 2. The molecule has 0 spiro atoms. The number of nitrogens with one attached hydrogen (secondary N) is 2. The third-order valence-electron chi connectivity index (χ3n) is 4.55. The van der Waals surface area contributed by atoms with Gasteiger partial charge in [-0.15, -0.1) is 11.3 Å². The van der Waals surface area contributed by atoms with Gasteiger partial charge in [-0.1, -0.05) is 24.3 Å². The maximum atomic E-state index is 5.87. The lowest BCUT2D eigenvalue weighted by Gasteiger charge is -2.07. The van der Waals surface area contributed by atoms with E-state index in [9.17, 15) is 0 Å². The molecule has 8 nitrogen and oxygen atoms in total. The van der Waals surface area contributed by atoms with Crippen LogP contribution in [0.3, 0.4) is 0 Å². The third-order valence-corrected chi connectivity index (χ3v) is 5.73. The number of benzene rings is 2. The standard InChI is InChI=1S/C24H30N4O2S.CH4N2/c1-27-12-4-14-29-20-8-2-6-18(16-20)22-10-11-23(31-22)19-7-3-9-21(17-19)30-15-5-13-28-24(25)26;2-1-3/h2-3,6-11,16-17,27H,4-5,12-15H2,1H3,(H4,25,26,28);1H,(H3,2,3). The van der Waals surface area contributed by atoms with Crippen LogP contribution in [-0.4, -0.2) is 45.6 Å². The molecular formula is C25H34N6O2S. The van der Waals surface area contributed by atoms with Gasteiger partial charge in [0.1, 0.15) is 11.5 Å². The number of guanidine groups is 1. The van der Waals surface area contributed by atoms with Crippen LogP contribution in [0.1, 0.15) is 12.8 Å². The Bertz CT molecular complexity index is 1030. The van der Waals surface area contributed by atoms with Crippen molar-refractivity contribution in [2.45, 2.75) is 12.8 Å². The molecule has 0 aliphatic carbocycles. The van der Waals surface area contributed by atoms with Crippen LogP contribution in [0, 0.1) is 5.41 Å². The minimum atomic E-state index is 0.112. The number of rotatable bonds is 12. The van der Waals surface area contributed by atoms with Gasteiger partial charge in [-0.3, -0.25) is 10.4 Å². The molecule has 0 aliphatic heterocycles. The summed E-state index contributed by atoms with van der Waals surface area (Å²) in [5.41, 5.74) is 17.4. The first-order valence-corrected chi connectivity index (χ1v) is 11.9. The molecule has 0 atom stereocenters. The third kappa shape index (κ3) is 9.51. The van der Waals surface area contributed by atoms with Crippen molar-refractivity contribution in [3.05, 3.63) is 60.7 Å². The molecule has 8 N–H and O–H groups in total. The van der Waals surface area contributed by atoms with Crippen LogP contribution in [0.5, 0.6) is 11.5 Å².